The molecule has 102 valence electrons. The van der Waals surface area contributed by atoms with Gasteiger partial charge in [-0.15, -0.1) is 0 Å². The largest absolute Gasteiger partial charge is 0.481 e. The van der Waals surface area contributed by atoms with Crippen molar-refractivity contribution < 1.29 is 19.4 Å². The fourth-order valence-corrected chi connectivity index (χ4v) is 2.36. The number of nitrogens with zero attached hydrogens (tertiary/aromatic N) is 1. The third-order valence-corrected chi connectivity index (χ3v) is 3.31. The molecule has 5 heteroatoms. The first kappa shape index (κ1) is 13.5. The summed E-state index contributed by atoms with van der Waals surface area (Å²) in [7, 11) is 1.59. The van der Waals surface area contributed by atoms with E-state index in [0.29, 0.717) is 19.4 Å². The molecule has 0 fully saturated rings. The van der Waals surface area contributed by atoms with Gasteiger partial charge in [0.2, 0.25) is 5.91 Å². The van der Waals surface area contributed by atoms with E-state index in [9.17, 15) is 14.7 Å². The number of hydrogen-bond donors (Lipinski definition) is 1. The van der Waals surface area contributed by atoms with E-state index in [1.54, 1.807) is 30.2 Å². The lowest BCUT2D eigenvalue weighted by Gasteiger charge is -2.17. The summed E-state index contributed by atoms with van der Waals surface area (Å²) in [6.07, 6.45) is 1.01. The van der Waals surface area contributed by atoms with Gasteiger partial charge in [-0.3, -0.25) is 9.59 Å². The number of para-hydroxylation sites is 1. The first-order valence-electron chi connectivity index (χ1n) is 6.26. The minimum atomic E-state index is -0.889. The van der Waals surface area contributed by atoms with Crippen LogP contribution in [0.3, 0.4) is 0 Å². The number of anilines is 1. The number of rotatable bonds is 5. The van der Waals surface area contributed by atoms with Crippen LogP contribution in [0.1, 0.15) is 24.3 Å². The standard InChI is InChI=1S/C14H17NO4/c1-19-8-4-7-13(16)15-9-11(14(17)18)10-5-2-3-6-12(10)15/h2-3,5-6,11H,4,7-9H2,1H3,(H,17,18). The summed E-state index contributed by atoms with van der Waals surface area (Å²) >= 11 is 0. The molecule has 0 aromatic heterocycles. The zero-order valence-electron chi connectivity index (χ0n) is 10.8. The van der Waals surface area contributed by atoms with Gasteiger partial charge in [-0.25, -0.2) is 0 Å². The number of amides is 1. The van der Waals surface area contributed by atoms with Crippen LogP contribution in [0.2, 0.25) is 0 Å². The first-order valence-corrected chi connectivity index (χ1v) is 6.26. The Labute approximate surface area is 111 Å². The number of carboxylic acids is 1. The second-order valence-corrected chi connectivity index (χ2v) is 4.55. The summed E-state index contributed by atoms with van der Waals surface area (Å²) in [5, 5.41) is 9.22. The van der Waals surface area contributed by atoms with E-state index in [1.165, 1.54) is 0 Å². The molecule has 1 atom stereocenters. The molecule has 1 N–H and O–H groups in total. The third-order valence-electron chi connectivity index (χ3n) is 3.31. The Morgan fingerprint density at radius 1 is 1.42 bits per heavy atom. The highest BCUT2D eigenvalue weighted by Gasteiger charge is 2.35. The number of ether oxygens (including phenoxy) is 1. The first-order chi connectivity index (χ1) is 9.15. The van der Waals surface area contributed by atoms with Crippen LogP contribution in [0, 0.1) is 0 Å². The smallest absolute Gasteiger partial charge is 0.312 e. The fourth-order valence-electron chi connectivity index (χ4n) is 2.36. The lowest BCUT2D eigenvalue weighted by molar-refractivity contribution is -0.138. The summed E-state index contributed by atoms with van der Waals surface area (Å²) in [5.74, 6) is -1.56. The van der Waals surface area contributed by atoms with Gasteiger partial charge in [0.1, 0.15) is 5.92 Å². The number of aliphatic carboxylic acids is 1. The van der Waals surface area contributed by atoms with E-state index >= 15 is 0 Å². The molecule has 19 heavy (non-hydrogen) atoms. The predicted octanol–water partition coefficient (Wildman–Crippen LogP) is 1.63. The molecule has 0 spiro atoms. The SMILES string of the molecule is COCCCC(=O)N1CC(C(=O)O)c2ccccc21. The number of carbonyl (C=O) groups excluding carboxylic acids is 1. The van der Waals surface area contributed by atoms with Crippen molar-refractivity contribution in [3.8, 4) is 0 Å². The minimum Gasteiger partial charge on any atom is -0.481 e. The maximum absolute atomic E-state index is 12.1. The summed E-state index contributed by atoms with van der Waals surface area (Å²) < 4.78 is 4.92. The molecule has 2 rings (SSSR count). The van der Waals surface area contributed by atoms with Crippen LogP contribution in [-0.4, -0.2) is 37.2 Å². The molecule has 0 radical (unpaired) electrons. The maximum atomic E-state index is 12.1. The Morgan fingerprint density at radius 3 is 2.84 bits per heavy atom. The lowest BCUT2D eigenvalue weighted by atomic mass is 10.0. The van der Waals surface area contributed by atoms with Crippen LogP contribution in [0.5, 0.6) is 0 Å². The van der Waals surface area contributed by atoms with Crippen molar-refractivity contribution in [1.82, 2.24) is 0 Å². The molecule has 5 nitrogen and oxygen atoms in total. The van der Waals surface area contributed by atoms with E-state index in [0.717, 1.165) is 11.3 Å². The summed E-state index contributed by atoms with van der Waals surface area (Å²) in [5.41, 5.74) is 1.44. The highest BCUT2D eigenvalue weighted by Crippen LogP contribution is 2.36. The zero-order valence-corrected chi connectivity index (χ0v) is 10.8. The molecule has 0 saturated heterocycles. The fraction of sp³-hybridized carbons (Fsp3) is 0.429. The van der Waals surface area contributed by atoms with Gasteiger partial charge in [0.15, 0.2) is 0 Å². The van der Waals surface area contributed by atoms with Gasteiger partial charge in [-0.05, 0) is 18.1 Å². The molecular weight excluding hydrogens is 246 g/mol. The van der Waals surface area contributed by atoms with Crippen molar-refractivity contribution in [2.75, 3.05) is 25.2 Å². The molecule has 1 unspecified atom stereocenters. The van der Waals surface area contributed by atoms with Crippen molar-refractivity contribution in [3.05, 3.63) is 29.8 Å². The van der Waals surface area contributed by atoms with Crippen molar-refractivity contribution in [2.45, 2.75) is 18.8 Å². The number of hydrogen-bond acceptors (Lipinski definition) is 3. The average Bonchev–Trinajstić information content (AvgIpc) is 2.78. The Hall–Kier alpha value is -1.88. The molecule has 1 aliphatic heterocycles. The van der Waals surface area contributed by atoms with Crippen molar-refractivity contribution in [1.29, 1.82) is 0 Å². The minimum absolute atomic E-state index is 0.0479. The zero-order chi connectivity index (χ0) is 13.8. The monoisotopic (exact) mass is 263 g/mol. The summed E-state index contributed by atoms with van der Waals surface area (Å²) in [4.78, 5) is 24.9. The van der Waals surface area contributed by atoms with Gasteiger partial charge < -0.3 is 14.7 Å². The van der Waals surface area contributed by atoms with Crippen LogP contribution in [0.25, 0.3) is 0 Å². The van der Waals surface area contributed by atoms with Gasteiger partial charge in [0.05, 0.1) is 0 Å². The molecule has 1 aliphatic rings. The normalized spacial score (nSPS) is 17.3. The predicted molar refractivity (Wildman–Crippen MR) is 70.3 cm³/mol. The molecule has 0 aliphatic carbocycles. The van der Waals surface area contributed by atoms with Gasteiger partial charge in [-0.2, -0.15) is 0 Å². The Kier molecular flexibility index (Phi) is 4.16. The van der Waals surface area contributed by atoms with Gasteiger partial charge in [0.25, 0.3) is 0 Å². The maximum Gasteiger partial charge on any atom is 0.312 e. The highest BCUT2D eigenvalue weighted by atomic mass is 16.5. The van der Waals surface area contributed by atoms with Gasteiger partial charge in [0, 0.05) is 32.4 Å². The second-order valence-electron chi connectivity index (χ2n) is 4.55. The van der Waals surface area contributed by atoms with Crippen molar-refractivity contribution >= 4 is 17.6 Å². The van der Waals surface area contributed by atoms with E-state index in [4.69, 9.17) is 4.74 Å². The topological polar surface area (TPSA) is 66.8 Å². The van der Waals surface area contributed by atoms with Gasteiger partial charge in [-0.1, -0.05) is 18.2 Å². The Bertz CT molecular complexity index is 486. The molecule has 0 bridgehead atoms. The number of benzene rings is 1. The van der Waals surface area contributed by atoms with Crippen LogP contribution in [0.15, 0.2) is 24.3 Å². The highest BCUT2D eigenvalue weighted by molar-refractivity contribution is 5.98. The number of carbonyl (C=O) groups is 2. The number of fused-ring (bicyclic) bond motifs is 1. The molecule has 1 amide bonds. The molecule has 1 heterocycles. The molecule has 0 saturated carbocycles. The van der Waals surface area contributed by atoms with Gasteiger partial charge >= 0.3 is 5.97 Å². The van der Waals surface area contributed by atoms with E-state index in [-0.39, 0.29) is 12.5 Å². The molecule has 1 aromatic rings. The van der Waals surface area contributed by atoms with E-state index in [1.807, 2.05) is 6.07 Å². The summed E-state index contributed by atoms with van der Waals surface area (Å²) in [6, 6.07) is 7.19. The Balaban J connectivity index is 2.15. The van der Waals surface area contributed by atoms with Crippen molar-refractivity contribution in [2.24, 2.45) is 0 Å². The van der Waals surface area contributed by atoms with E-state index < -0.39 is 11.9 Å². The molecule has 1 aromatic carbocycles. The summed E-state index contributed by atoms with van der Waals surface area (Å²) in [6.45, 7) is 0.754. The van der Waals surface area contributed by atoms with Crippen molar-refractivity contribution in [3.63, 3.8) is 0 Å². The van der Waals surface area contributed by atoms with Crippen LogP contribution < -0.4 is 4.90 Å². The number of methoxy groups -OCH3 is 1. The quantitative estimate of drug-likeness (QED) is 0.820. The molecular formula is C14H17NO4. The van der Waals surface area contributed by atoms with E-state index in [2.05, 4.69) is 0 Å². The van der Waals surface area contributed by atoms with Crippen LogP contribution >= 0.6 is 0 Å². The average molecular weight is 263 g/mol. The van der Waals surface area contributed by atoms with Crippen LogP contribution in [0.4, 0.5) is 5.69 Å². The Morgan fingerprint density at radius 2 is 2.16 bits per heavy atom. The second kappa shape index (κ2) is 5.84. The van der Waals surface area contributed by atoms with Crippen LogP contribution in [-0.2, 0) is 14.3 Å². The lowest BCUT2D eigenvalue weighted by Crippen LogP contribution is -2.31. The third kappa shape index (κ3) is 2.76. The number of carboxylic acid groups (broad SMARTS) is 1.